The van der Waals surface area contributed by atoms with Crippen LogP contribution in [0.3, 0.4) is 0 Å². The number of amides is 2. The van der Waals surface area contributed by atoms with Gasteiger partial charge in [-0.2, -0.15) is 0 Å². The van der Waals surface area contributed by atoms with Crippen molar-refractivity contribution in [1.82, 2.24) is 10.1 Å². The van der Waals surface area contributed by atoms with Gasteiger partial charge in [-0.25, -0.2) is 4.98 Å². The Morgan fingerprint density at radius 3 is 2.62 bits per heavy atom. The zero-order valence-electron chi connectivity index (χ0n) is 14.6. The van der Waals surface area contributed by atoms with Crippen LogP contribution >= 0.6 is 11.8 Å². The van der Waals surface area contributed by atoms with Gasteiger partial charge in [-0.05, 0) is 6.92 Å². The number of anilines is 2. The van der Waals surface area contributed by atoms with Gasteiger partial charge in [-0.1, -0.05) is 5.16 Å². The predicted octanol–water partition coefficient (Wildman–Crippen LogP) is 0.818. The minimum atomic E-state index is -0.193. The lowest BCUT2D eigenvalue weighted by atomic mass is 10.2. The number of hydrogen-bond donors (Lipinski definition) is 1. The fourth-order valence-corrected chi connectivity index (χ4v) is 3.45. The van der Waals surface area contributed by atoms with E-state index in [1.165, 1.54) is 11.8 Å². The Kier molecular flexibility index (Phi) is 6.11. The van der Waals surface area contributed by atoms with Crippen LogP contribution < -0.4 is 15.2 Å². The maximum absolute atomic E-state index is 12.3. The summed E-state index contributed by atoms with van der Waals surface area (Å²) in [6, 6.07) is 5.71. The number of pyridine rings is 1. The van der Waals surface area contributed by atoms with Crippen molar-refractivity contribution in [2.75, 3.05) is 47.9 Å². The Bertz CT molecular complexity index is 744. The number of aryl methyl sites for hydroxylation is 1. The van der Waals surface area contributed by atoms with Crippen LogP contribution in [0.15, 0.2) is 35.1 Å². The number of carbonyl (C=O) groups is 2. The van der Waals surface area contributed by atoms with Gasteiger partial charge in [0.15, 0.2) is 18.2 Å². The fraction of sp³-hybridized carbons (Fsp3) is 0.412. The van der Waals surface area contributed by atoms with Gasteiger partial charge in [0.05, 0.1) is 11.5 Å². The molecule has 9 heteroatoms. The first-order valence-electron chi connectivity index (χ1n) is 8.41. The lowest BCUT2D eigenvalue weighted by molar-refractivity contribution is -0.377. The monoisotopic (exact) mass is 376 g/mol. The van der Waals surface area contributed by atoms with E-state index in [2.05, 4.69) is 20.4 Å². The van der Waals surface area contributed by atoms with Crippen molar-refractivity contribution in [2.45, 2.75) is 6.92 Å². The molecule has 0 bridgehead atoms. The number of piperazine rings is 1. The summed E-state index contributed by atoms with van der Waals surface area (Å²) in [5, 5.41) is 6.35. The second-order valence-corrected chi connectivity index (χ2v) is 6.98. The van der Waals surface area contributed by atoms with E-state index in [1.54, 1.807) is 13.0 Å². The summed E-state index contributed by atoms with van der Waals surface area (Å²) in [6.45, 7) is 4.77. The van der Waals surface area contributed by atoms with Gasteiger partial charge in [0.2, 0.25) is 11.8 Å². The second kappa shape index (κ2) is 8.70. The number of aromatic nitrogens is 2. The third-order valence-electron chi connectivity index (χ3n) is 4.05. The van der Waals surface area contributed by atoms with E-state index in [9.17, 15) is 9.59 Å². The molecule has 0 unspecified atom stereocenters. The summed E-state index contributed by atoms with van der Waals surface area (Å²) in [6.07, 6.45) is 3.80. The molecular weight excluding hydrogens is 354 g/mol. The highest BCUT2D eigenvalue weighted by molar-refractivity contribution is 8.00. The van der Waals surface area contributed by atoms with E-state index in [-0.39, 0.29) is 17.6 Å². The quantitative estimate of drug-likeness (QED) is 0.802. The zero-order valence-corrected chi connectivity index (χ0v) is 15.4. The average molecular weight is 376 g/mol. The number of hydrogen-bond acceptors (Lipinski definition) is 6. The maximum atomic E-state index is 12.3. The minimum absolute atomic E-state index is 0.0705. The van der Waals surface area contributed by atoms with Crippen LogP contribution in [0, 0.1) is 6.92 Å². The number of carbonyl (C=O) groups excluding carboxylic acids is 2. The molecule has 3 heterocycles. The predicted molar refractivity (Wildman–Crippen MR) is 99.0 cm³/mol. The normalized spacial score (nSPS) is 14.3. The molecule has 0 spiro atoms. The average Bonchev–Trinajstić information content (AvgIpc) is 3.07. The van der Waals surface area contributed by atoms with Crippen LogP contribution in [0.4, 0.5) is 11.5 Å². The van der Waals surface area contributed by atoms with Crippen molar-refractivity contribution in [3.8, 4) is 0 Å². The van der Waals surface area contributed by atoms with Gasteiger partial charge in [0.1, 0.15) is 5.76 Å². The van der Waals surface area contributed by atoms with Crippen LogP contribution in [0.1, 0.15) is 5.76 Å². The van der Waals surface area contributed by atoms with Crippen molar-refractivity contribution in [3.05, 3.63) is 36.4 Å². The van der Waals surface area contributed by atoms with Crippen molar-refractivity contribution >= 4 is 35.1 Å². The molecule has 2 aromatic rings. The molecule has 1 aliphatic rings. The Hall–Kier alpha value is -2.55. The molecule has 1 fully saturated rings. The van der Waals surface area contributed by atoms with Gasteiger partial charge in [-0.15, -0.1) is 11.8 Å². The molecule has 0 aromatic carbocycles. The van der Waals surface area contributed by atoms with Crippen molar-refractivity contribution in [3.63, 3.8) is 0 Å². The highest BCUT2D eigenvalue weighted by atomic mass is 32.2. The Morgan fingerprint density at radius 1 is 1.23 bits per heavy atom. The van der Waals surface area contributed by atoms with E-state index < -0.39 is 0 Å². The molecule has 1 saturated heterocycles. The SMILES string of the molecule is Cc1cc(NC(=O)CSCC(=O)N2CCN(c3cc[nH+]cc3)CC2)no1. The Morgan fingerprint density at radius 2 is 1.96 bits per heavy atom. The van der Waals surface area contributed by atoms with Gasteiger partial charge in [0.25, 0.3) is 0 Å². The van der Waals surface area contributed by atoms with Crippen molar-refractivity contribution in [1.29, 1.82) is 0 Å². The molecule has 2 N–H and O–H groups in total. The van der Waals surface area contributed by atoms with Gasteiger partial charge in [-0.3, -0.25) is 9.59 Å². The number of aromatic amines is 1. The van der Waals surface area contributed by atoms with Crippen molar-refractivity contribution < 1.29 is 19.1 Å². The number of rotatable bonds is 6. The summed E-state index contributed by atoms with van der Waals surface area (Å²) >= 11 is 1.31. The van der Waals surface area contributed by atoms with Gasteiger partial charge >= 0.3 is 0 Å². The van der Waals surface area contributed by atoms with Gasteiger partial charge in [0, 0.05) is 50.1 Å². The molecule has 3 rings (SSSR count). The number of H-pyrrole nitrogens is 1. The van der Waals surface area contributed by atoms with Gasteiger partial charge < -0.3 is 19.6 Å². The summed E-state index contributed by atoms with van der Waals surface area (Å²) in [5.41, 5.74) is 1.16. The largest absolute Gasteiger partial charge is 0.368 e. The third-order valence-corrected chi connectivity index (χ3v) is 4.97. The number of nitrogens with one attached hydrogen (secondary N) is 2. The highest BCUT2D eigenvalue weighted by Gasteiger charge is 2.21. The molecule has 2 amide bonds. The first kappa shape index (κ1) is 18.2. The van der Waals surface area contributed by atoms with E-state index in [0.717, 1.165) is 18.8 Å². The van der Waals surface area contributed by atoms with E-state index in [1.807, 2.05) is 29.4 Å². The lowest BCUT2D eigenvalue weighted by Gasteiger charge is -2.35. The Labute approximate surface area is 155 Å². The maximum Gasteiger partial charge on any atom is 0.235 e. The molecule has 138 valence electrons. The van der Waals surface area contributed by atoms with Crippen LogP contribution in [-0.2, 0) is 9.59 Å². The summed E-state index contributed by atoms with van der Waals surface area (Å²) in [4.78, 5) is 31.3. The molecule has 0 radical (unpaired) electrons. The van der Waals surface area contributed by atoms with Crippen LogP contribution in [0.25, 0.3) is 0 Å². The fourth-order valence-electron chi connectivity index (χ4n) is 2.73. The first-order chi connectivity index (χ1) is 12.6. The number of nitrogens with zero attached hydrogens (tertiary/aromatic N) is 3. The van der Waals surface area contributed by atoms with E-state index in [4.69, 9.17) is 4.52 Å². The molecule has 0 aliphatic carbocycles. The summed E-state index contributed by atoms with van der Waals surface area (Å²) < 4.78 is 4.89. The smallest absolute Gasteiger partial charge is 0.235 e. The molecule has 0 atom stereocenters. The summed E-state index contributed by atoms with van der Waals surface area (Å²) in [7, 11) is 0. The highest BCUT2D eigenvalue weighted by Crippen LogP contribution is 2.15. The molecule has 2 aromatic heterocycles. The lowest BCUT2D eigenvalue weighted by Crippen LogP contribution is -2.49. The molecular formula is C17H22N5O3S+. The third kappa shape index (κ3) is 4.98. The van der Waals surface area contributed by atoms with Crippen LogP contribution in [-0.4, -0.2) is 59.6 Å². The van der Waals surface area contributed by atoms with E-state index in [0.29, 0.717) is 30.4 Å². The Balaban J connectivity index is 1.36. The second-order valence-electron chi connectivity index (χ2n) is 5.99. The molecule has 1 aliphatic heterocycles. The topological polar surface area (TPSA) is 92.8 Å². The zero-order chi connectivity index (χ0) is 18.4. The van der Waals surface area contributed by atoms with Crippen LogP contribution in [0.5, 0.6) is 0 Å². The molecule has 0 saturated carbocycles. The van der Waals surface area contributed by atoms with Crippen LogP contribution in [0.2, 0.25) is 0 Å². The number of thioether (sulfide) groups is 1. The first-order valence-corrected chi connectivity index (χ1v) is 9.57. The van der Waals surface area contributed by atoms with Crippen molar-refractivity contribution in [2.24, 2.45) is 0 Å². The van der Waals surface area contributed by atoms with E-state index >= 15 is 0 Å². The molecule has 26 heavy (non-hydrogen) atoms. The summed E-state index contributed by atoms with van der Waals surface area (Å²) in [5.74, 6) is 1.41. The standard InChI is InChI=1S/C17H21N5O3S/c1-13-10-15(20-25-13)19-16(23)11-26-12-17(24)22-8-6-21(7-9-22)14-2-4-18-5-3-14/h2-5,10H,6-9,11-12H2,1H3,(H,19,20,23)/p+1. The minimum Gasteiger partial charge on any atom is -0.368 e. The molecule has 8 nitrogen and oxygen atoms in total.